The zero-order chi connectivity index (χ0) is 15.4. The minimum absolute atomic E-state index is 0.0369. The molecule has 2 unspecified atom stereocenters. The first kappa shape index (κ1) is 15.3. The molecule has 1 aromatic rings. The van der Waals surface area contributed by atoms with E-state index in [2.05, 4.69) is 12.2 Å². The van der Waals surface area contributed by atoms with Crippen LogP contribution >= 0.6 is 0 Å². The first-order valence-corrected chi connectivity index (χ1v) is 6.93. The van der Waals surface area contributed by atoms with Crippen LogP contribution in [0.3, 0.4) is 0 Å². The molecule has 6 nitrogen and oxygen atoms in total. The Kier molecular flexibility index (Phi) is 4.80. The van der Waals surface area contributed by atoms with Gasteiger partial charge in [-0.25, -0.2) is 9.59 Å². The number of hydrogen-bond acceptors (Lipinski definition) is 3. The van der Waals surface area contributed by atoms with Crippen LogP contribution in [0.15, 0.2) is 24.3 Å². The van der Waals surface area contributed by atoms with E-state index in [1.807, 2.05) is 0 Å². The maximum Gasteiger partial charge on any atom is 0.335 e. The van der Waals surface area contributed by atoms with Crippen molar-refractivity contribution in [2.24, 2.45) is 5.92 Å². The van der Waals surface area contributed by atoms with E-state index in [0.717, 1.165) is 6.42 Å². The summed E-state index contributed by atoms with van der Waals surface area (Å²) in [6.07, 6.45) is 0.927. The summed E-state index contributed by atoms with van der Waals surface area (Å²) in [5.74, 6) is -0.591. The van der Waals surface area contributed by atoms with Crippen molar-refractivity contribution in [1.82, 2.24) is 4.90 Å². The van der Waals surface area contributed by atoms with Crippen LogP contribution in [0.1, 0.15) is 23.7 Å². The number of benzene rings is 1. The molecule has 2 amide bonds. The van der Waals surface area contributed by atoms with E-state index in [0.29, 0.717) is 24.7 Å². The van der Waals surface area contributed by atoms with Crippen molar-refractivity contribution in [3.05, 3.63) is 29.8 Å². The Balaban J connectivity index is 2.01. The number of amides is 2. The number of carboxylic acids is 1. The number of methoxy groups -OCH3 is 1. The molecule has 1 saturated heterocycles. The van der Waals surface area contributed by atoms with E-state index in [-0.39, 0.29) is 17.7 Å². The molecule has 0 spiro atoms. The fourth-order valence-corrected chi connectivity index (χ4v) is 2.46. The van der Waals surface area contributed by atoms with E-state index in [1.54, 1.807) is 24.1 Å². The van der Waals surface area contributed by atoms with Gasteiger partial charge in [0.15, 0.2) is 0 Å². The van der Waals surface area contributed by atoms with Gasteiger partial charge in [-0.3, -0.25) is 0 Å². The van der Waals surface area contributed by atoms with Crippen LogP contribution in [-0.2, 0) is 4.74 Å². The quantitative estimate of drug-likeness (QED) is 0.895. The summed E-state index contributed by atoms with van der Waals surface area (Å²) in [7, 11) is 1.65. The van der Waals surface area contributed by atoms with Crippen LogP contribution in [0.25, 0.3) is 0 Å². The summed E-state index contributed by atoms with van der Waals surface area (Å²) >= 11 is 0. The second-order valence-corrected chi connectivity index (χ2v) is 5.30. The molecule has 1 aliphatic rings. The van der Waals surface area contributed by atoms with E-state index < -0.39 is 5.97 Å². The van der Waals surface area contributed by atoms with Crippen molar-refractivity contribution in [2.45, 2.75) is 19.4 Å². The second kappa shape index (κ2) is 6.58. The molecule has 0 aromatic heterocycles. The zero-order valence-electron chi connectivity index (χ0n) is 12.2. The van der Waals surface area contributed by atoms with Gasteiger partial charge in [-0.05, 0) is 30.5 Å². The number of aromatic carboxylic acids is 1. The number of anilines is 1. The van der Waals surface area contributed by atoms with Crippen molar-refractivity contribution in [3.8, 4) is 0 Å². The predicted octanol–water partition coefficient (Wildman–Crippen LogP) is 2.27. The van der Waals surface area contributed by atoms with Gasteiger partial charge in [0.2, 0.25) is 0 Å². The van der Waals surface area contributed by atoms with Crippen LogP contribution < -0.4 is 5.32 Å². The monoisotopic (exact) mass is 292 g/mol. The molecule has 114 valence electrons. The highest BCUT2D eigenvalue weighted by Crippen LogP contribution is 2.20. The van der Waals surface area contributed by atoms with Crippen molar-refractivity contribution in [1.29, 1.82) is 0 Å². The molecule has 1 aromatic carbocycles. The molecule has 6 heteroatoms. The first-order valence-electron chi connectivity index (χ1n) is 6.93. The van der Waals surface area contributed by atoms with Crippen molar-refractivity contribution in [3.63, 3.8) is 0 Å². The molecule has 1 heterocycles. The molecular weight excluding hydrogens is 272 g/mol. The predicted molar refractivity (Wildman–Crippen MR) is 78.6 cm³/mol. The smallest absolute Gasteiger partial charge is 0.335 e. The molecule has 1 aliphatic heterocycles. The zero-order valence-corrected chi connectivity index (χ0v) is 12.2. The highest BCUT2D eigenvalue weighted by molar-refractivity contribution is 5.93. The molecule has 2 N–H and O–H groups in total. The lowest BCUT2D eigenvalue weighted by Crippen LogP contribution is -2.48. The summed E-state index contributed by atoms with van der Waals surface area (Å²) in [6.45, 7) is 3.33. The molecule has 0 radical (unpaired) electrons. The largest absolute Gasteiger partial charge is 0.478 e. The Labute approximate surface area is 123 Å². The van der Waals surface area contributed by atoms with Gasteiger partial charge in [0.05, 0.1) is 11.7 Å². The summed E-state index contributed by atoms with van der Waals surface area (Å²) < 4.78 is 5.39. The van der Waals surface area contributed by atoms with Gasteiger partial charge in [-0.2, -0.15) is 0 Å². The number of likely N-dealkylation sites (tertiary alicyclic amines) is 1. The van der Waals surface area contributed by atoms with E-state index in [9.17, 15) is 9.59 Å². The summed E-state index contributed by atoms with van der Waals surface area (Å²) in [5, 5.41) is 11.7. The Morgan fingerprint density at radius 3 is 2.86 bits per heavy atom. The SMILES string of the molecule is COC1CN(C(=O)Nc2cccc(C(=O)O)c2)CCC1C. The Hall–Kier alpha value is -2.08. The van der Waals surface area contributed by atoms with Crippen molar-refractivity contribution < 1.29 is 19.4 Å². The van der Waals surface area contributed by atoms with Gasteiger partial charge in [-0.1, -0.05) is 13.0 Å². The average molecular weight is 292 g/mol. The Morgan fingerprint density at radius 1 is 1.43 bits per heavy atom. The number of carbonyl (C=O) groups excluding carboxylic acids is 1. The van der Waals surface area contributed by atoms with E-state index in [4.69, 9.17) is 9.84 Å². The number of carboxylic acid groups (broad SMARTS) is 1. The molecule has 21 heavy (non-hydrogen) atoms. The van der Waals surface area contributed by atoms with E-state index in [1.165, 1.54) is 12.1 Å². The maximum atomic E-state index is 12.2. The van der Waals surface area contributed by atoms with Crippen molar-refractivity contribution in [2.75, 3.05) is 25.5 Å². The molecule has 0 aliphatic carbocycles. The fourth-order valence-electron chi connectivity index (χ4n) is 2.46. The minimum atomic E-state index is -1.02. The number of hydrogen-bond donors (Lipinski definition) is 2. The van der Waals surface area contributed by atoms with E-state index >= 15 is 0 Å². The van der Waals surface area contributed by atoms with Crippen molar-refractivity contribution >= 4 is 17.7 Å². The topological polar surface area (TPSA) is 78.9 Å². The summed E-state index contributed by atoms with van der Waals surface area (Å²) in [5.41, 5.74) is 0.627. The first-order chi connectivity index (χ1) is 10.0. The fraction of sp³-hybridized carbons (Fsp3) is 0.467. The van der Waals surface area contributed by atoms with Gasteiger partial charge in [0.25, 0.3) is 0 Å². The van der Waals surface area contributed by atoms with Crippen LogP contribution in [0, 0.1) is 5.92 Å². The maximum absolute atomic E-state index is 12.2. The third-order valence-corrected chi connectivity index (χ3v) is 3.84. The standard InChI is InChI=1S/C15H20N2O4/c1-10-6-7-17(9-13(10)21-2)15(20)16-12-5-3-4-11(8-12)14(18)19/h3-5,8,10,13H,6-7,9H2,1-2H3,(H,16,20)(H,18,19). The Morgan fingerprint density at radius 2 is 2.19 bits per heavy atom. The number of rotatable bonds is 3. The van der Waals surface area contributed by atoms with Gasteiger partial charge in [0, 0.05) is 25.9 Å². The van der Waals surface area contributed by atoms with Gasteiger partial charge in [-0.15, -0.1) is 0 Å². The lowest BCUT2D eigenvalue weighted by Gasteiger charge is -2.36. The Bertz CT molecular complexity index is 532. The third kappa shape index (κ3) is 3.72. The van der Waals surface area contributed by atoms with Crippen LogP contribution in [0.2, 0.25) is 0 Å². The van der Waals surface area contributed by atoms with Gasteiger partial charge >= 0.3 is 12.0 Å². The third-order valence-electron chi connectivity index (χ3n) is 3.84. The lowest BCUT2D eigenvalue weighted by molar-refractivity contribution is 0.00896. The summed E-state index contributed by atoms with van der Waals surface area (Å²) in [6, 6.07) is 5.98. The van der Waals surface area contributed by atoms with Crippen LogP contribution in [0.4, 0.5) is 10.5 Å². The highest BCUT2D eigenvalue weighted by Gasteiger charge is 2.28. The second-order valence-electron chi connectivity index (χ2n) is 5.30. The number of urea groups is 1. The lowest BCUT2D eigenvalue weighted by atomic mass is 9.96. The summed E-state index contributed by atoms with van der Waals surface area (Å²) in [4.78, 5) is 24.8. The number of nitrogens with zero attached hydrogens (tertiary/aromatic N) is 1. The number of piperidine rings is 1. The van der Waals surface area contributed by atoms with Gasteiger partial charge < -0.3 is 20.1 Å². The van der Waals surface area contributed by atoms with Crippen LogP contribution in [0.5, 0.6) is 0 Å². The van der Waals surface area contributed by atoms with Crippen LogP contribution in [-0.4, -0.2) is 48.3 Å². The molecule has 0 saturated carbocycles. The molecule has 2 rings (SSSR count). The normalized spacial score (nSPS) is 21.9. The molecule has 0 bridgehead atoms. The van der Waals surface area contributed by atoms with Gasteiger partial charge in [0.1, 0.15) is 0 Å². The average Bonchev–Trinajstić information content (AvgIpc) is 2.47. The number of nitrogens with one attached hydrogen (secondary N) is 1. The minimum Gasteiger partial charge on any atom is -0.478 e. The molecular formula is C15H20N2O4. The highest BCUT2D eigenvalue weighted by atomic mass is 16.5. The molecule has 2 atom stereocenters. The number of carbonyl (C=O) groups is 2. The number of ether oxygens (including phenoxy) is 1. The molecule has 1 fully saturated rings.